The molecule has 0 spiro atoms. The molecule has 1 heterocycles. The number of hydrogen-bond donors (Lipinski definition) is 1. The lowest BCUT2D eigenvalue weighted by molar-refractivity contribution is 0.0430. The van der Waals surface area contributed by atoms with Gasteiger partial charge in [-0.25, -0.2) is 0 Å². The van der Waals surface area contributed by atoms with Gasteiger partial charge in [0.25, 0.3) is 0 Å². The Bertz CT molecular complexity index is 419. The molecule has 0 radical (unpaired) electrons. The van der Waals surface area contributed by atoms with E-state index in [1.807, 2.05) is 34.6 Å². The Morgan fingerprint density at radius 1 is 1.47 bits per heavy atom. The number of rotatable bonds is 3. The molecule has 0 fully saturated rings. The van der Waals surface area contributed by atoms with Gasteiger partial charge in [-0.05, 0) is 35.2 Å². The number of halogens is 1. The highest BCUT2D eigenvalue weighted by Gasteiger charge is 2.33. The van der Waals surface area contributed by atoms with Crippen LogP contribution in [0.2, 0.25) is 0 Å². The summed E-state index contributed by atoms with van der Waals surface area (Å²) in [5.41, 5.74) is -0.0507. The zero-order valence-electron chi connectivity index (χ0n) is 10.9. The van der Waals surface area contributed by atoms with Gasteiger partial charge in [0, 0.05) is 6.04 Å². The summed E-state index contributed by atoms with van der Waals surface area (Å²) in [7, 11) is 0. The van der Waals surface area contributed by atoms with Gasteiger partial charge in [0.15, 0.2) is 0 Å². The molecule has 17 heavy (non-hydrogen) atoms. The molecule has 1 atom stereocenters. The van der Waals surface area contributed by atoms with E-state index in [0.29, 0.717) is 10.2 Å². The van der Waals surface area contributed by atoms with E-state index in [2.05, 4.69) is 21.0 Å². The van der Waals surface area contributed by atoms with Crippen molar-refractivity contribution in [3.05, 3.63) is 16.4 Å². The Hall–Kier alpha value is -0.680. The second-order valence-electron chi connectivity index (χ2n) is 5.51. The Kier molecular flexibility index (Phi) is 4.15. The number of nitrogens with zero attached hydrogens (tertiary/aromatic N) is 2. The number of aliphatic hydroxyl groups excluding tert-OH is 1. The molecule has 0 saturated carbocycles. The molecule has 0 aliphatic heterocycles. The molecule has 0 saturated heterocycles. The lowest BCUT2D eigenvalue weighted by atomic mass is 9.86. The van der Waals surface area contributed by atoms with Crippen LogP contribution in [0.3, 0.4) is 0 Å². The first-order chi connectivity index (χ1) is 7.66. The van der Waals surface area contributed by atoms with Gasteiger partial charge in [-0.15, -0.1) is 0 Å². The van der Waals surface area contributed by atoms with Crippen molar-refractivity contribution >= 4 is 21.7 Å². The maximum atomic E-state index is 12.3. The van der Waals surface area contributed by atoms with Crippen LogP contribution in [0.25, 0.3) is 0 Å². The minimum absolute atomic E-state index is 0.0763. The van der Waals surface area contributed by atoms with Crippen molar-refractivity contribution in [2.45, 2.75) is 46.8 Å². The van der Waals surface area contributed by atoms with E-state index in [0.717, 1.165) is 0 Å². The number of aliphatic hydroxyl groups is 1. The number of Topliss-reactive ketones (excluding diaryl/α,β-unsaturated/α-hetero) is 1. The van der Waals surface area contributed by atoms with Gasteiger partial charge in [0.2, 0.25) is 5.78 Å². The van der Waals surface area contributed by atoms with E-state index in [1.54, 1.807) is 10.9 Å². The summed E-state index contributed by atoms with van der Waals surface area (Å²) in [5.74, 6) is -0.296. The third-order valence-electron chi connectivity index (χ3n) is 2.54. The van der Waals surface area contributed by atoms with Crippen LogP contribution in [-0.4, -0.2) is 26.8 Å². The van der Waals surface area contributed by atoms with E-state index in [1.165, 1.54) is 0 Å². The van der Waals surface area contributed by atoms with Crippen LogP contribution in [0.5, 0.6) is 0 Å². The lowest BCUT2D eigenvalue weighted by Crippen LogP contribution is -2.35. The summed E-state index contributed by atoms with van der Waals surface area (Å²) in [5, 5.41) is 14.2. The number of carbonyl (C=O) groups excluding carboxylic acids is 1. The zero-order valence-corrected chi connectivity index (χ0v) is 12.4. The summed E-state index contributed by atoms with van der Waals surface area (Å²) in [4.78, 5) is 12.3. The number of ketones is 1. The van der Waals surface area contributed by atoms with Gasteiger partial charge in [-0.2, -0.15) is 5.10 Å². The second-order valence-corrected chi connectivity index (χ2v) is 6.37. The van der Waals surface area contributed by atoms with Gasteiger partial charge in [0.05, 0.1) is 10.7 Å². The molecular formula is C12H19BrN2O2. The Balaban J connectivity index is 3.17. The summed E-state index contributed by atoms with van der Waals surface area (Å²) in [6.45, 7) is 9.39. The third-order valence-corrected chi connectivity index (χ3v) is 3.12. The molecule has 1 N–H and O–H groups in total. The largest absolute Gasteiger partial charge is 0.384 e. The topological polar surface area (TPSA) is 55.1 Å². The van der Waals surface area contributed by atoms with E-state index >= 15 is 0 Å². The van der Waals surface area contributed by atoms with E-state index in [9.17, 15) is 9.90 Å². The van der Waals surface area contributed by atoms with E-state index in [-0.39, 0.29) is 11.8 Å². The SMILES string of the molecule is CC(C)n1ncc(Br)c1C(=O)C(O)C(C)(C)C. The van der Waals surface area contributed by atoms with E-state index < -0.39 is 11.5 Å². The predicted molar refractivity (Wildman–Crippen MR) is 70.1 cm³/mol. The normalized spacial score (nSPS) is 14.1. The molecule has 4 nitrogen and oxygen atoms in total. The first-order valence-electron chi connectivity index (χ1n) is 5.61. The number of hydrogen-bond acceptors (Lipinski definition) is 3. The highest BCUT2D eigenvalue weighted by molar-refractivity contribution is 9.10. The fourth-order valence-corrected chi connectivity index (χ4v) is 1.95. The van der Waals surface area contributed by atoms with Crippen LogP contribution < -0.4 is 0 Å². The van der Waals surface area contributed by atoms with Crippen molar-refractivity contribution in [1.29, 1.82) is 0 Å². The molecule has 0 aliphatic rings. The summed E-state index contributed by atoms with van der Waals surface area (Å²) in [6.07, 6.45) is 0.552. The van der Waals surface area contributed by atoms with Crippen LogP contribution >= 0.6 is 15.9 Å². The van der Waals surface area contributed by atoms with Gasteiger partial charge < -0.3 is 5.11 Å². The smallest absolute Gasteiger partial charge is 0.210 e. The Morgan fingerprint density at radius 2 is 2.00 bits per heavy atom. The first-order valence-corrected chi connectivity index (χ1v) is 6.41. The molecule has 1 aromatic heterocycles. The van der Waals surface area contributed by atoms with Crippen molar-refractivity contribution in [2.75, 3.05) is 0 Å². The monoisotopic (exact) mass is 302 g/mol. The number of aromatic nitrogens is 2. The molecule has 0 amide bonds. The zero-order chi connectivity index (χ0) is 13.4. The van der Waals surface area contributed by atoms with Crippen LogP contribution in [0.15, 0.2) is 10.7 Å². The van der Waals surface area contributed by atoms with Gasteiger partial charge in [-0.3, -0.25) is 9.48 Å². The number of carbonyl (C=O) groups is 1. The predicted octanol–water partition coefficient (Wildman–Crippen LogP) is 2.82. The van der Waals surface area contributed by atoms with Crippen LogP contribution in [0.4, 0.5) is 0 Å². The highest BCUT2D eigenvalue weighted by atomic mass is 79.9. The minimum atomic E-state index is -1.03. The fraction of sp³-hybridized carbons (Fsp3) is 0.667. The second kappa shape index (κ2) is 4.90. The summed E-state index contributed by atoms with van der Waals surface area (Å²) >= 11 is 3.31. The maximum Gasteiger partial charge on any atom is 0.210 e. The fourth-order valence-electron chi connectivity index (χ4n) is 1.49. The Morgan fingerprint density at radius 3 is 2.41 bits per heavy atom. The average molecular weight is 303 g/mol. The van der Waals surface area contributed by atoms with Gasteiger partial charge >= 0.3 is 0 Å². The molecule has 96 valence electrons. The van der Waals surface area contributed by atoms with Crippen molar-refractivity contribution in [2.24, 2.45) is 5.41 Å². The maximum absolute atomic E-state index is 12.3. The van der Waals surface area contributed by atoms with Gasteiger partial charge in [-0.1, -0.05) is 20.8 Å². The minimum Gasteiger partial charge on any atom is -0.384 e. The molecule has 1 rings (SSSR count). The molecule has 5 heteroatoms. The van der Waals surface area contributed by atoms with Gasteiger partial charge in [0.1, 0.15) is 11.8 Å². The van der Waals surface area contributed by atoms with Crippen LogP contribution in [0, 0.1) is 5.41 Å². The molecule has 1 aromatic rings. The van der Waals surface area contributed by atoms with Crippen molar-refractivity contribution < 1.29 is 9.90 Å². The molecule has 0 aliphatic carbocycles. The van der Waals surface area contributed by atoms with E-state index in [4.69, 9.17) is 0 Å². The molecule has 1 unspecified atom stereocenters. The molecule has 0 aromatic carbocycles. The van der Waals surface area contributed by atoms with Crippen molar-refractivity contribution in [3.8, 4) is 0 Å². The summed E-state index contributed by atoms with van der Waals surface area (Å²) in [6, 6.07) is 0.0763. The molecule has 0 bridgehead atoms. The van der Waals surface area contributed by atoms with Crippen molar-refractivity contribution in [3.63, 3.8) is 0 Å². The molecular weight excluding hydrogens is 284 g/mol. The third kappa shape index (κ3) is 2.96. The standard InChI is InChI=1S/C12H19BrN2O2/c1-7(2)15-9(8(13)6-14-15)10(16)11(17)12(3,4)5/h6-7,11,17H,1-5H3. The van der Waals surface area contributed by atoms with Crippen LogP contribution in [-0.2, 0) is 0 Å². The summed E-state index contributed by atoms with van der Waals surface area (Å²) < 4.78 is 2.25. The Labute approximate surface area is 110 Å². The lowest BCUT2D eigenvalue weighted by Gasteiger charge is -2.25. The van der Waals surface area contributed by atoms with Crippen molar-refractivity contribution in [1.82, 2.24) is 9.78 Å². The highest BCUT2D eigenvalue weighted by Crippen LogP contribution is 2.27. The average Bonchev–Trinajstić information content (AvgIpc) is 2.56. The quantitative estimate of drug-likeness (QED) is 0.874. The van der Waals surface area contributed by atoms with Crippen LogP contribution in [0.1, 0.15) is 51.1 Å². The first kappa shape index (κ1) is 14.4.